The maximum atomic E-state index is 13.7. The van der Waals surface area contributed by atoms with Gasteiger partial charge >= 0.3 is 13.6 Å². The zero-order valence-electron chi connectivity index (χ0n) is 19.2. The smallest absolute Gasteiger partial charge is 0.444 e. The minimum Gasteiger partial charge on any atom is -0.480 e. The average Bonchev–Trinajstić information content (AvgIpc) is 3.25. The van der Waals surface area contributed by atoms with E-state index in [1.807, 2.05) is 54.6 Å². The van der Waals surface area contributed by atoms with Gasteiger partial charge in [0.1, 0.15) is 35.0 Å². The Hall–Kier alpha value is -4.06. The SMILES string of the molecule is O=C(O)[C@H](Cc1ccc2c(c1)oc1ccccc12)NCP(=O)(Oc1ccccc1)Oc1ccccc1. The predicted molar refractivity (Wildman–Crippen MR) is 139 cm³/mol. The predicted octanol–water partition coefficient (Wildman–Crippen LogP) is 6.48. The normalized spacial score (nSPS) is 12.4. The van der Waals surface area contributed by atoms with E-state index in [0.29, 0.717) is 17.1 Å². The van der Waals surface area contributed by atoms with Gasteiger partial charge in [-0.05, 0) is 48.4 Å². The zero-order chi connectivity index (χ0) is 25.0. The van der Waals surface area contributed by atoms with Crippen molar-refractivity contribution in [3.8, 4) is 11.5 Å². The molecule has 0 spiro atoms. The summed E-state index contributed by atoms with van der Waals surface area (Å²) in [5.41, 5.74) is 2.22. The number of hydrogen-bond donors (Lipinski definition) is 2. The van der Waals surface area contributed by atoms with Gasteiger partial charge in [-0.3, -0.25) is 10.1 Å². The van der Waals surface area contributed by atoms with Crippen LogP contribution in [0.15, 0.2) is 108 Å². The molecule has 0 unspecified atom stereocenters. The first-order valence-electron chi connectivity index (χ1n) is 11.4. The Kier molecular flexibility index (Phi) is 6.76. The first-order valence-corrected chi connectivity index (χ1v) is 13.2. The van der Waals surface area contributed by atoms with Crippen molar-refractivity contribution in [1.29, 1.82) is 0 Å². The molecule has 8 heteroatoms. The minimum atomic E-state index is -3.81. The molecule has 5 aromatic rings. The third kappa shape index (κ3) is 5.43. The Bertz CT molecular complexity index is 1490. The summed E-state index contributed by atoms with van der Waals surface area (Å²) < 4.78 is 31.1. The fourth-order valence-electron chi connectivity index (χ4n) is 3.97. The lowest BCUT2D eigenvalue weighted by molar-refractivity contribution is -0.139. The molecule has 0 amide bonds. The largest absolute Gasteiger partial charge is 0.480 e. The number of furan rings is 1. The standard InChI is InChI=1S/C28H24NO6P/c30-28(31)25(17-20-15-16-24-23-13-7-8-14-26(23)33-27(24)18-20)29-19-36(32,34-21-9-3-1-4-10-21)35-22-11-5-2-6-12-22/h1-16,18,25,29H,17,19H2,(H,30,31)/t25-/m0/s1. The van der Waals surface area contributed by atoms with Gasteiger partial charge < -0.3 is 18.6 Å². The minimum absolute atomic E-state index is 0.152. The fourth-order valence-corrected chi connectivity index (χ4v) is 5.47. The highest BCUT2D eigenvalue weighted by atomic mass is 31.2. The van der Waals surface area contributed by atoms with Crippen LogP contribution in [0, 0.1) is 0 Å². The molecular formula is C28H24NO6P. The molecular weight excluding hydrogens is 477 g/mol. The number of rotatable bonds is 10. The number of carbonyl (C=O) groups is 1. The maximum absolute atomic E-state index is 13.7. The lowest BCUT2D eigenvalue weighted by atomic mass is 10.0. The van der Waals surface area contributed by atoms with E-state index < -0.39 is 19.6 Å². The van der Waals surface area contributed by atoms with Crippen molar-refractivity contribution in [3.05, 3.63) is 109 Å². The number of carboxylic acid groups (broad SMARTS) is 1. The summed E-state index contributed by atoms with van der Waals surface area (Å²) in [6.45, 7) is 0. The first kappa shape index (κ1) is 23.7. The molecule has 1 aromatic heterocycles. The van der Waals surface area contributed by atoms with Gasteiger partial charge in [-0.2, -0.15) is 0 Å². The number of para-hydroxylation sites is 3. The molecule has 1 heterocycles. The second-order valence-corrected chi connectivity index (χ2v) is 10.2. The number of nitrogens with one attached hydrogen (secondary N) is 1. The van der Waals surface area contributed by atoms with E-state index in [0.717, 1.165) is 21.9 Å². The van der Waals surface area contributed by atoms with Gasteiger partial charge in [-0.1, -0.05) is 66.7 Å². The molecule has 0 aliphatic rings. The zero-order valence-corrected chi connectivity index (χ0v) is 20.1. The Morgan fingerprint density at radius 1 is 0.806 bits per heavy atom. The van der Waals surface area contributed by atoms with Gasteiger partial charge in [0.2, 0.25) is 0 Å². The third-order valence-electron chi connectivity index (χ3n) is 5.69. The molecule has 0 aliphatic carbocycles. The van der Waals surface area contributed by atoms with Crippen molar-refractivity contribution < 1.29 is 27.9 Å². The second-order valence-electron chi connectivity index (χ2n) is 8.31. The molecule has 0 saturated heterocycles. The summed E-state index contributed by atoms with van der Waals surface area (Å²) in [5.74, 6) is -0.354. The molecule has 1 atom stereocenters. The van der Waals surface area contributed by atoms with Gasteiger partial charge in [-0.15, -0.1) is 0 Å². The van der Waals surface area contributed by atoms with E-state index in [1.165, 1.54) is 0 Å². The highest BCUT2D eigenvalue weighted by molar-refractivity contribution is 7.54. The van der Waals surface area contributed by atoms with Gasteiger partial charge in [0.05, 0.1) is 0 Å². The van der Waals surface area contributed by atoms with Gasteiger partial charge in [0.25, 0.3) is 0 Å². The highest BCUT2D eigenvalue weighted by Crippen LogP contribution is 2.47. The molecule has 7 nitrogen and oxygen atoms in total. The van der Waals surface area contributed by atoms with Crippen molar-refractivity contribution in [3.63, 3.8) is 0 Å². The number of benzene rings is 4. The van der Waals surface area contributed by atoms with E-state index in [1.54, 1.807) is 48.5 Å². The van der Waals surface area contributed by atoms with Crippen molar-refractivity contribution in [1.82, 2.24) is 5.32 Å². The maximum Gasteiger partial charge on any atom is 0.444 e. The molecule has 0 bridgehead atoms. The summed E-state index contributed by atoms with van der Waals surface area (Å²) in [4.78, 5) is 12.1. The van der Waals surface area contributed by atoms with Crippen LogP contribution in [-0.4, -0.2) is 23.4 Å². The van der Waals surface area contributed by atoms with Crippen LogP contribution in [0.25, 0.3) is 21.9 Å². The summed E-state index contributed by atoms with van der Waals surface area (Å²) in [6.07, 6.45) is -0.153. The van der Waals surface area contributed by atoms with Crippen molar-refractivity contribution >= 4 is 35.5 Å². The molecule has 36 heavy (non-hydrogen) atoms. The Morgan fingerprint density at radius 3 is 2.03 bits per heavy atom. The van der Waals surface area contributed by atoms with E-state index in [2.05, 4.69) is 5.32 Å². The summed E-state index contributed by atoms with van der Waals surface area (Å²) in [6, 6.07) is 29.7. The number of hydrogen-bond acceptors (Lipinski definition) is 6. The van der Waals surface area contributed by atoms with Crippen molar-refractivity contribution in [2.75, 3.05) is 6.29 Å². The summed E-state index contributed by atoms with van der Waals surface area (Å²) >= 11 is 0. The number of carboxylic acids is 1. The van der Waals surface area contributed by atoms with Crippen molar-refractivity contribution in [2.45, 2.75) is 12.5 Å². The van der Waals surface area contributed by atoms with Gasteiger partial charge in [-0.25, -0.2) is 4.57 Å². The molecule has 0 saturated carbocycles. The van der Waals surface area contributed by atoms with Crippen molar-refractivity contribution in [2.24, 2.45) is 0 Å². The second kappa shape index (κ2) is 10.3. The van der Waals surface area contributed by atoms with E-state index >= 15 is 0 Å². The number of fused-ring (bicyclic) bond motifs is 3. The number of aliphatic carboxylic acids is 1. The van der Waals surface area contributed by atoms with Crippen LogP contribution < -0.4 is 14.4 Å². The monoisotopic (exact) mass is 501 g/mol. The van der Waals surface area contributed by atoms with Crippen LogP contribution >= 0.6 is 7.60 Å². The van der Waals surface area contributed by atoms with Crippen LogP contribution in [-0.2, 0) is 15.8 Å². The van der Waals surface area contributed by atoms with Crippen LogP contribution in [0.4, 0.5) is 0 Å². The average molecular weight is 501 g/mol. The lowest BCUT2D eigenvalue weighted by Crippen LogP contribution is -2.39. The molecule has 0 aliphatic heterocycles. The third-order valence-corrected chi connectivity index (χ3v) is 7.24. The van der Waals surface area contributed by atoms with Crippen LogP contribution in [0.2, 0.25) is 0 Å². The summed E-state index contributed by atoms with van der Waals surface area (Å²) in [7, 11) is -3.81. The Morgan fingerprint density at radius 2 is 1.39 bits per heavy atom. The molecule has 182 valence electrons. The molecule has 5 rings (SSSR count). The van der Waals surface area contributed by atoms with E-state index in [-0.39, 0.29) is 12.7 Å². The van der Waals surface area contributed by atoms with Crippen LogP contribution in [0.5, 0.6) is 11.5 Å². The molecule has 0 fully saturated rings. The van der Waals surface area contributed by atoms with E-state index in [4.69, 9.17) is 13.5 Å². The highest BCUT2D eigenvalue weighted by Gasteiger charge is 2.31. The van der Waals surface area contributed by atoms with Crippen LogP contribution in [0.1, 0.15) is 5.56 Å². The Labute approximate surface area is 207 Å². The van der Waals surface area contributed by atoms with E-state index in [9.17, 15) is 14.5 Å². The molecule has 4 aromatic carbocycles. The Balaban J connectivity index is 1.35. The lowest BCUT2D eigenvalue weighted by Gasteiger charge is -2.22. The quantitative estimate of drug-likeness (QED) is 0.211. The molecule has 0 radical (unpaired) electrons. The topological polar surface area (TPSA) is 98.0 Å². The first-order chi connectivity index (χ1) is 17.5. The van der Waals surface area contributed by atoms with Gasteiger partial charge in [0, 0.05) is 10.8 Å². The van der Waals surface area contributed by atoms with Gasteiger partial charge in [0.15, 0.2) is 0 Å². The molecule has 2 N–H and O–H groups in total. The summed E-state index contributed by atoms with van der Waals surface area (Å²) in [5, 5.41) is 14.7. The van der Waals surface area contributed by atoms with Crippen LogP contribution in [0.3, 0.4) is 0 Å². The fraction of sp³-hybridized carbons (Fsp3) is 0.107.